The van der Waals surface area contributed by atoms with Gasteiger partial charge in [-0.3, -0.25) is 0 Å². The number of hydrogen-bond acceptors (Lipinski definition) is 4. The van der Waals surface area contributed by atoms with Crippen LogP contribution in [0.3, 0.4) is 0 Å². The Kier molecular flexibility index (Phi) is 4.19. The third-order valence-electron chi connectivity index (χ3n) is 3.93. The first-order valence-corrected chi connectivity index (χ1v) is 8.42. The van der Waals surface area contributed by atoms with Gasteiger partial charge in [0.1, 0.15) is 11.5 Å². The lowest BCUT2D eigenvalue weighted by Crippen LogP contribution is -2.05. The van der Waals surface area contributed by atoms with Gasteiger partial charge in [-0.25, -0.2) is 9.79 Å². The fourth-order valence-corrected chi connectivity index (χ4v) is 2.78. The van der Waals surface area contributed by atoms with Crippen molar-refractivity contribution in [3.05, 3.63) is 88.3 Å². The molecule has 2 aromatic carbocycles. The van der Waals surface area contributed by atoms with Gasteiger partial charge >= 0.3 is 5.97 Å². The molecule has 0 amide bonds. The number of rotatable bonds is 3. The first kappa shape index (κ1) is 16.4. The molecule has 4 rings (SSSR count). The summed E-state index contributed by atoms with van der Waals surface area (Å²) in [5.74, 6) is 0.971. The Labute approximate surface area is 155 Å². The highest BCUT2D eigenvalue weighted by Crippen LogP contribution is 2.27. The Morgan fingerprint density at radius 1 is 1.00 bits per heavy atom. The van der Waals surface area contributed by atoms with E-state index in [9.17, 15) is 4.79 Å². The Balaban J connectivity index is 1.62. The van der Waals surface area contributed by atoms with Crippen LogP contribution < -0.4 is 0 Å². The molecule has 3 aromatic rings. The molecule has 0 aliphatic carbocycles. The van der Waals surface area contributed by atoms with Gasteiger partial charge in [0.25, 0.3) is 0 Å². The average molecular weight is 364 g/mol. The van der Waals surface area contributed by atoms with Crippen LogP contribution >= 0.6 is 11.6 Å². The molecule has 1 aromatic heterocycles. The van der Waals surface area contributed by atoms with Crippen LogP contribution in [0.2, 0.25) is 5.02 Å². The van der Waals surface area contributed by atoms with Crippen LogP contribution in [0.25, 0.3) is 17.4 Å². The van der Waals surface area contributed by atoms with Crippen molar-refractivity contribution in [2.24, 2.45) is 4.99 Å². The Hall–Kier alpha value is -3.11. The van der Waals surface area contributed by atoms with E-state index >= 15 is 0 Å². The van der Waals surface area contributed by atoms with E-state index in [1.165, 1.54) is 0 Å². The van der Waals surface area contributed by atoms with Gasteiger partial charge in [0.2, 0.25) is 5.90 Å². The van der Waals surface area contributed by atoms with E-state index in [-0.39, 0.29) is 5.70 Å². The zero-order chi connectivity index (χ0) is 18.1. The van der Waals surface area contributed by atoms with Gasteiger partial charge in [-0.05, 0) is 43.3 Å². The number of carbonyl (C=O) groups is 1. The molecule has 26 heavy (non-hydrogen) atoms. The van der Waals surface area contributed by atoms with E-state index in [4.69, 9.17) is 20.8 Å². The summed E-state index contributed by atoms with van der Waals surface area (Å²) in [7, 11) is 0. The van der Waals surface area contributed by atoms with E-state index in [1.54, 1.807) is 18.2 Å². The second kappa shape index (κ2) is 6.65. The maximum Gasteiger partial charge on any atom is 0.363 e. The highest BCUT2D eigenvalue weighted by molar-refractivity contribution is 6.30. The molecule has 1 aliphatic heterocycles. The van der Waals surface area contributed by atoms with Gasteiger partial charge in [-0.2, -0.15) is 0 Å². The van der Waals surface area contributed by atoms with Crippen molar-refractivity contribution in [2.45, 2.75) is 6.92 Å². The third kappa shape index (κ3) is 3.32. The molecule has 0 saturated carbocycles. The van der Waals surface area contributed by atoms with Crippen molar-refractivity contribution in [3.8, 4) is 11.3 Å². The molecule has 0 saturated heterocycles. The maximum absolute atomic E-state index is 12.1. The van der Waals surface area contributed by atoms with Gasteiger partial charge in [0.05, 0.1) is 0 Å². The van der Waals surface area contributed by atoms with Crippen molar-refractivity contribution in [1.82, 2.24) is 0 Å². The first-order chi connectivity index (χ1) is 12.6. The van der Waals surface area contributed by atoms with Crippen LogP contribution in [0.5, 0.6) is 0 Å². The van der Waals surface area contributed by atoms with Crippen molar-refractivity contribution in [3.63, 3.8) is 0 Å². The minimum absolute atomic E-state index is 0.201. The summed E-state index contributed by atoms with van der Waals surface area (Å²) >= 11 is 6.01. The summed E-state index contributed by atoms with van der Waals surface area (Å²) in [5, 5.41) is 0.630. The minimum atomic E-state index is -0.499. The quantitative estimate of drug-likeness (QED) is 0.471. The molecule has 0 radical (unpaired) electrons. The monoisotopic (exact) mass is 363 g/mol. The zero-order valence-corrected chi connectivity index (χ0v) is 14.7. The predicted octanol–water partition coefficient (Wildman–Crippen LogP) is 5.25. The molecular formula is C21H14ClNO3. The van der Waals surface area contributed by atoms with Crippen molar-refractivity contribution >= 4 is 29.5 Å². The number of aliphatic imine (C=N–C) groups is 1. The molecule has 0 unspecified atom stereocenters. The van der Waals surface area contributed by atoms with Gasteiger partial charge in [-0.1, -0.05) is 41.4 Å². The van der Waals surface area contributed by atoms with E-state index in [0.29, 0.717) is 22.4 Å². The number of esters is 1. The van der Waals surface area contributed by atoms with Crippen LogP contribution in [0.1, 0.15) is 16.9 Å². The summed E-state index contributed by atoms with van der Waals surface area (Å²) in [6.07, 6.45) is 1.57. The number of carbonyl (C=O) groups excluding carboxylic acids is 1. The lowest BCUT2D eigenvalue weighted by Gasteiger charge is -1.99. The normalized spacial score (nSPS) is 15.2. The number of furan rings is 1. The fourth-order valence-electron chi connectivity index (χ4n) is 2.59. The summed E-state index contributed by atoms with van der Waals surface area (Å²) in [5.41, 5.74) is 2.94. The summed E-state index contributed by atoms with van der Waals surface area (Å²) in [6.45, 7) is 1.99. The molecule has 4 nitrogen and oxygen atoms in total. The van der Waals surface area contributed by atoms with E-state index in [0.717, 1.165) is 16.7 Å². The first-order valence-electron chi connectivity index (χ1n) is 8.04. The predicted molar refractivity (Wildman–Crippen MR) is 101 cm³/mol. The van der Waals surface area contributed by atoms with Crippen LogP contribution in [-0.4, -0.2) is 11.9 Å². The van der Waals surface area contributed by atoms with Crippen LogP contribution in [0.4, 0.5) is 0 Å². The molecule has 0 atom stereocenters. The lowest BCUT2D eigenvalue weighted by molar-refractivity contribution is -0.129. The SMILES string of the molecule is Cc1ccc(C2=NC(=Cc3ccc(-c4cccc(Cl)c4)o3)C(=O)O2)cc1. The maximum atomic E-state index is 12.1. The van der Waals surface area contributed by atoms with Crippen LogP contribution in [0.15, 0.2) is 75.8 Å². The standard InChI is InChI=1S/C21H14ClNO3/c1-13-5-7-14(8-6-13)20-23-18(21(24)26-20)12-17-9-10-19(25-17)15-3-2-4-16(22)11-15/h2-12H,1H3. The molecule has 1 aliphatic rings. The van der Waals surface area contributed by atoms with Crippen molar-refractivity contribution in [2.75, 3.05) is 0 Å². The molecule has 0 bridgehead atoms. The molecular weight excluding hydrogens is 350 g/mol. The number of nitrogens with zero attached hydrogens (tertiary/aromatic N) is 1. The van der Waals surface area contributed by atoms with Gasteiger partial charge in [-0.15, -0.1) is 0 Å². The highest BCUT2D eigenvalue weighted by Gasteiger charge is 2.24. The fraction of sp³-hybridized carbons (Fsp3) is 0.0476. The number of benzene rings is 2. The Bertz CT molecular complexity index is 1050. The van der Waals surface area contributed by atoms with Crippen molar-refractivity contribution in [1.29, 1.82) is 0 Å². The largest absolute Gasteiger partial charge is 0.457 e. The minimum Gasteiger partial charge on any atom is -0.457 e. The van der Waals surface area contributed by atoms with Gasteiger partial charge < -0.3 is 9.15 Å². The van der Waals surface area contributed by atoms with E-state index in [2.05, 4.69) is 4.99 Å². The second-order valence-electron chi connectivity index (χ2n) is 5.91. The lowest BCUT2D eigenvalue weighted by atomic mass is 10.1. The number of ether oxygens (including phenoxy) is 1. The average Bonchev–Trinajstić information content (AvgIpc) is 3.23. The highest BCUT2D eigenvalue weighted by atomic mass is 35.5. The smallest absolute Gasteiger partial charge is 0.363 e. The molecule has 2 heterocycles. The summed E-state index contributed by atoms with van der Waals surface area (Å²) in [6, 6.07) is 18.6. The van der Waals surface area contributed by atoms with Gasteiger partial charge in [0.15, 0.2) is 5.70 Å². The van der Waals surface area contributed by atoms with E-state index in [1.807, 2.05) is 55.5 Å². The number of aryl methyl sites for hydroxylation is 1. The van der Waals surface area contributed by atoms with Gasteiger partial charge in [0, 0.05) is 22.2 Å². The topological polar surface area (TPSA) is 51.8 Å². The molecule has 0 N–H and O–H groups in total. The Morgan fingerprint density at radius 3 is 2.58 bits per heavy atom. The number of halogens is 1. The van der Waals surface area contributed by atoms with E-state index < -0.39 is 5.97 Å². The zero-order valence-electron chi connectivity index (χ0n) is 13.9. The molecule has 5 heteroatoms. The van der Waals surface area contributed by atoms with Crippen LogP contribution in [0, 0.1) is 6.92 Å². The molecule has 0 fully saturated rings. The Morgan fingerprint density at radius 2 is 1.81 bits per heavy atom. The molecule has 128 valence electrons. The summed E-state index contributed by atoms with van der Waals surface area (Å²) < 4.78 is 11.0. The third-order valence-corrected chi connectivity index (χ3v) is 4.17. The van der Waals surface area contributed by atoms with Crippen LogP contribution in [-0.2, 0) is 9.53 Å². The number of cyclic esters (lactones) is 1. The molecule has 0 spiro atoms. The second-order valence-corrected chi connectivity index (χ2v) is 6.35. The van der Waals surface area contributed by atoms with Crippen molar-refractivity contribution < 1.29 is 13.9 Å². The summed E-state index contributed by atoms with van der Waals surface area (Å²) in [4.78, 5) is 16.4. The number of hydrogen-bond donors (Lipinski definition) is 0.